The second-order valence-electron chi connectivity index (χ2n) is 8.45. The Bertz CT molecular complexity index is 1360. The number of nitrogens with zero attached hydrogens (tertiary/aromatic N) is 1. The number of sulfonamides is 1. The summed E-state index contributed by atoms with van der Waals surface area (Å²) >= 11 is 0. The van der Waals surface area contributed by atoms with E-state index in [-0.39, 0.29) is 22.0 Å². The van der Waals surface area contributed by atoms with Gasteiger partial charge >= 0.3 is 5.97 Å². The highest BCUT2D eigenvalue weighted by molar-refractivity contribution is 7.93. The number of methoxy groups -OCH3 is 1. The first-order valence-corrected chi connectivity index (χ1v) is 12.8. The van der Waals surface area contributed by atoms with Crippen molar-refractivity contribution in [1.29, 1.82) is 0 Å². The first-order chi connectivity index (χ1) is 16.7. The number of para-hydroxylation sites is 1. The number of hydrogen-bond acceptors (Lipinski definition) is 6. The van der Waals surface area contributed by atoms with Crippen LogP contribution in [0.5, 0.6) is 5.75 Å². The summed E-state index contributed by atoms with van der Waals surface area (Å²) in [5, 5.41) is 0. The molecule has 35 heavy (non-hydrogen) atoms. The fourth-order valence-corrected chi connectivity index (χ4v) is 5.83. The van der Waals surface area contributed by atoms with Crippen molar-refractivity contribution in [1.82, 2.24) is 0 Å². The van der Waals surface area contributed by atoms with Gasteiger partial charge < -0.3 is 9.47 Å². The Hall–Kier alpha value is -3.65. The first kappa shape index (κ1) is 24.5. The lowest BCUT2D eigenvalue weighted by atomic mass is 10.0. The number of fused-ring (bicyclic) bond motifs is 1. The number of carbonyl (C=O) groups is 2. The Balaban J connectivity index is 1.62. The zero-order chi connectivity index (χ0) is 25.2. The summed E-state index contributed by atoms with van der Waals surface area (Å²) in [7, 11) is -2.66. The van der Waals surface area contributed by atoms with Crippen LogP contribution in [0.2, 0.25) is 0 Å². The Morgan fingerprint density at radius 1 is 0.971 bits per heavy atom. The highest BCUT2D eigenvalue weighted by Gasteiger charge is 2.32. The number of benzene rings is 3. The van der Waals surface area contributed by atoms with E-state index in [1.165, 1.54) is 36.5 Å². The average Bonchev–Trinajstić information content (AvgIpc) is 2.87. The van der Waals surface area contributed by atoms with E-state index in [9.17, 15) is 18.0 Å². The van der Waals surface area contributed by atoms with Gasteiger partial charge in [-0.05, 0) is 56.5 Å². The molecule has 3 aromatic carbocycles. The third-order valence-corrected chi connectivity index (χ3v) is 7.86. The van der Waals surface area contributed by atoms with Crippen LogP contribution in [-0.4, -0.2) is 39.9 Å². The van der Waals surface area contributed by atoms with E-state index in [1.54, 1.807) is 36.4 Å². The third-order valence-electron chi connectivity index (χ3n) is 6.02. The zero-order valence-electron chi connectivity index (χ0n) is 19.9. The molecule has 0 aliphatic carbocycles. The summed E-state index contributed by atoms with van der Waals surface area (Å²) in [6.07, 6.45) is 0.429. The fraction of sp³-hybridized carbons (Fsp3) is 0.259. The van der Waals surface area contributed by atoms with Gasteiger partial charge in [-0.2, -0.15) is 0 Å². The molecule has 3 aromatic rings. The standard InChI is InChI=1S/C27H27NO6S/c1-18-10-12-21(13-11-18)26(29)19(2)34-27(30)22-14-15-24(33-3)25(17-22)35(31,32)28-16-6-8-20-7-4-5-9-23(20)28/h4-5,7,9-15,17,19H,6,8,16H2,1-3H3/t19-/m0/s1. The van der Waals surface area contributed by atoms with Crippen LogP contribution in [0, 0.1) is 6.92 Å². The number of ketones is 1. The summed E-state index contributed by atoms with van der Waals surface area (Å²) in [5.74, 6) is -1.02. The van der Waals surface area contributed by atoms with E-state index < -0.39 is 22.1 Å². The Kier molecular flexibility index (Phi) is 6.93. The molecule has 0 fully saturated rings. The molecule has 1 aliphatic rings. The largest absolute Gasteiger partial charge is 0.495 e. The lowest BCUT2D eigenvalue weighted by molar-refractivity contribution is 0.0318. The normalized spacial score (nSPS) is 14.1. The molecule has 0 saturated heterocycles. The molecule has 1 atom stereocenters. The predicted molar refractivity (Wildman–Crippen MR) is 133 cm³/mol. The minimum Gasteiger partial charge on any atom is -0.495 e. The molecule has 0 saturated carbocycles. The molecular weight excluding hydrogens is 466 g/mol. The molecule has 1 aliphatic heterocycles. The molecule has 182 valence electrons. The predicted octanol–water partition coefficient (Wildman–Crippen LogP) is 4.57. The van der Waals surface area contributed by atoms with Crippen molar-refractivity contribution in [3.63, 3.8) is 0 Å². The second-order valence-corrected chi connectivity index (χ2v) is 10.3. The van der Waals surface area contributed by atoms with Crippen LogP contribution in [0.15, 0.2) is 71.6 Å². The lowest BCUT2D eigenvalue weighted by Crippen LogP contribution is -2.35. The van der Waals surface area contributed by atoms with Crippen LogP contribution in [0.4, 0.5) is 5.69 Å². The smallest absolute Gasteiger partial charge is 0.338 e. The molecule has 0 amide bonds. The van der Waals surface area contributed by atoms with Crippen molar-refractivity contribution in [2.45, 2.75) is 37.7 Å². The van der Waals surface area contributed by atoms with Crippen molar-refractivity contribution in [2.24, 2.45) is 0 Å². The second kappa shape index (κ2) is 9.92. The van der Waals surface area contributed by atoms with Gasteiger partial charge in [0.25, 0.3) is 10.0 Å². The molecular formula is C27H27NO6S. The molecule has 0 spiro atoms. The summed E-state index contributed by atoms with van der Waals surface area (Å²) in [5.41, 5.74) is 3.01. The number of ether oxygens (including phenoxy) is 2. The highest BCUT2D eigenvalue weighted by atomic mass is 32.2. The summed E-state index contributed by atoms with van der Waals surface area (Å²) in [6, 6.07) is 18.4. The topological polar surface area (TPSA) is 90.0 Å². The van der Waals surface area contributed by atoms with Gasteiger partial charge in [-0.1, -0.05) is 48.0 Å². The number of hydrogen-bond donors (Lipinski definition) is 0. The van der Waals surface area contributed by atoms with Gasteiger partial charge in [0.15, 0.2) is 6.10 Å². The number of aryl methyl sites for hydroxylation is 2. The van der Waals surface area contributed by atoms with E-state index in [1.807, 2.05) is 19.1 Å². The highest BCUT2D eigenvalue weighted by Crippen LogP contribution is 2.35. The minimum atomic E-state index is -4.03. The van der Waals surface area contributed by atoms with Crippen LogP contribution in [0.25, 0.3) is 0 Å². The molecule has 0 unspecified atom stereocenters. The van der Waals surface area contributed by atoms with Gasteiger partial charge in [0.1, 0.15) is 10.6 Å². The average molecular weight is 494 g/mol. The molecule has 4 rings (SSSR count). The number of carbonyl (C=O) groups excluding carboxylic acids is 2. The summed E-state index contributed by atoms with van der Waals surface area (Å²) < 4.78 is 39.4. The van der Waals surface area contributed by atoms with Crippen molar-refractivity contribution < 1.29 is 27.5 Å². The van der Waals surface area contributed by atoms with Crippen LogP contribution in [0.1, 0.15) is 45.2 Å². The van der Waals surface area contributed by atoms with Crippen LogP contribution in [0.3, 0.4) is 0 Å². The van der Waals surface area contributed by atoms with Crippen LogP contribution in [-0.2, 0) is 21.2 Å². The fourth-order valence-electron chi connectivity index (χ4n) is 4.11. The summed E-state index contributed by atoms with van der Waals surface area (Å²) in [6.45, 7) is 3.72. The maximum atomic E-state index is 13.7. The number of Topliss-reactive ketones (excluding diaryl/α,β-unsaturated/α-hetero) is 1. The van der Waals surface area contributed by atoms with Crippen LogP contribution >= 0.6 is 0 Å². The van der Waals surface area contributed by atoms with Crippen molar-refractivity contribution in [2.75, 3.05) is 18.0 Å². The molecule has 8 heteroatoms. The Morgan fingerprint density at radius 2 is 1.66 bits per heavy atom. The first-order valence-electron chi connectivity index (χ1n) is 11.3. The van der Waals surface area contributed by atoms with Crippen molar-refractivity contribution in [3.8, 4) is 5.75 Å². The number of esters is 1. The van der Waals surface area contributed by atoms with Gasteiger partial charge in [-0.25, -0.2) is 13.2 Å². The molecule has 0 bridgehead atoms. The SMILES string of the molecule is COc1ccc(C(=O)O[C@@H](C)C(=O)c2ccc(C)cc2)cc1S(=O)(=O)N1CCCc2ccccc21. The van der Waals surface area contributed by atoms with Gasteiger partial charge in [-0.15, -0.1) is 0 Å². The van der Waals surface area contributed by atoms with E-state index in [2.05, 4.69) is 0 Å². The molecule has 7 nitrogen and oxygen atoms in total. The third kappa shape index (κ3) is 4.93. The number of anilines is 1. The van der Waals surface area contributed by atoms with E-state index in [4.69, 9.17) is 9.47 Å². The minimum absolute atomic E-state index is 0.0122. The van der Waals surface area contributed by atoms with Gasteiger partial charge in [-0.3, -0.25) is 9.10 Å². The maximum Gasteiger partial charge on any atom is 0.338 e. The van der Waals surface area contributed by atoms with Crippen LogP contribution < -0.4 is 9.04 Å². The quantitative estimate of drug-likeness (QED) is 0.354. The Labute approximate surface area is 205 Å². The van der Waals surface area contributed by atoms with E-state index >= 15 is 0 Å². The molecule has 1 heterocycles. The number of rotatable bonds is 7. The van der Waals surface area contributed by atoms with Gasteiger partial charge in [0.2, 0.25) is 5.78 Å². The van der Waals surface area contributed by atoms with Gasteiger partial charge in [0.05, 0.1) is 18.4 Å². The van der Waals surface area contributed by atoms with Crippen molar-refractivity contribution in [3.05, 3.63) is 89.0 Å². The van der Waals surface area contributed by atoms with Gasteiger partial charge in [0, 0.05) is 12.1 Å². The monoisotopic (exact) mass is 493 g/mol. The molecule has 0 radical (unpaired) electrons. The van der Waals surface area contributed by atoms with Crippen molar-refractivity contribution >= 4 is 27.5 Å². The maximum absolute atomic E-state index is 13.7. The lowest BCUT2D eigenvalue weighted by Gasteiger charge is -2.31. The van der Waals surface area contributed by atoms with E-state index in [0.29, 0.717) is 24.2 Å². The zero-order valence-corrected chi connectivity index (χ0v) is 20.7. The molecule has 0 aromatic heterocycles. The van der Waals surface area contributed by atoms with E-state index in [0.717, 1.165) is 17.5 Å². The molecule has 0 N–H and O–H groups in total. The summed E-state index contributed by atoms with van der Waals surface area (Å²) in [4.78, 5) is 25.4. The Morgan fingerprint density at radius 3 is 2.37 bits per heavy atom.